The number of nitrogens with zero attached hydrogens (tertiary/aromatic N) is 8. The van der Waals surface area contributed by atoms with Gasteiger partial charge >= 0.3 is 0 Å². The molecule has 0 spiro atoms. The second kappa shape index (κ2) is 5.23. The lowest BCUT2D eigenvalue weighted by Crippen LogP contribution is -2.04. The minimum absolute atomic E-state index is 0.592. The van der Waals surface area contributed by atoms with E-state index in [0.29, 0.717) is 12.3 Å². The summed E-state index contributed by atoms with van der Waals surface area (Å²) in [7, 11) is 1.90. The molecule has 5 heterocycles. The van der Waals surface area contributed by atoms with Gasteiger partial charge in [-0.05, 0) is 12.1 Å². The fraction of sp³-hybridized carbons (Fsp3) is 0.118. The van der Waals surface area contributed by atoms with Crippen molar-refractivity contribution in [1.29, 1.82) is 0 Å². The van der Waals surface area contributed by atoms with Crippen molar-refractivity contribution in [3.05, 3.63) is 61.2 Å². The molecular weight excluding hydrogens is 316 g/mol. The molecule has 5 rings (SSSR count). The van der Waals surface area contributed by atoms with E-state index in [0.717, 1.165) is 27.9 Å². The van der Waals surface area contributed by atoms with Gasteiger partial charge in [-0.3, -0.25) is 18.7 Å². The smallest absolute Gasteiger partial charge is 0.233 e. The molecule has 0 radical (unpaired) electrons. The molecule has 8 nitrogen and oxygen atoms in total. The summed E-state index contributed by atoms with van der Waals surface area (Å²) in [6.45, 7) is 0.592. The van der Waals surface area contributed by atoms with Crippen LogP contribution >= 0.6 is 0 Å². The van der Waals surface area contributed by atoms with Crippen LogP contribution in [0.25, 0.3) is 27.9 Å². The van der Waals surface area contributed by atoms with Crippen LogP contribution in [-0.4, -0.2) is 38.9 Å². The van der Waals surface area contributed by atoms with Crippen molar-refractivity contribution in [2.24, 2.45) is 7.05 Å². The molecular formula is C17H14N8. The highest BCUT2D eigenvalue weighted by Gasteiger charge is 2.10. The standard InChI is InChI=1S/C17H14N8/c1-23-10-13(7-21-23)12-5-16-15(19-6-12)9-22-25(16)11-14-8-20-17-18-3-2-4-24(14)17/h2-10H,11H2,1H3. The lowest BCUT2D eigenvalue weighted by Gasteiger charge is -2.04. The van der Waals surface area contributed by atoms with E-state index in [1.165, 1.54) is 0 Å². The Morgan fingerprint density at radius 1 is 0.960 bits per heavy atom. The van der Waals surface area contributed by atoms with Gasteiger partial charge in [0.15, 0.2) is 0 Å². The fourth-order valence-electron chi connectivity index (χ4n) is 2.96. The van der Waals surface area contributed by atoms with Gasteiger partial charge in [0, 0.05) is 43.0 Å². The minimum atomic E-state index is 0.592. The Morgan fingerprint density at radius 3 is 2.80 bits per heavy atom. The van der Waals surface area contributed by atoms with E-state index in [2.05, 4.69) is 31.2 Å². The number of imidazole rings is 1. The topological polar surface area (TPSA) is 78.7 Å². The van der Waals surface area contributed by atoms with Crippen LogP contribution in [0.1, 0.15) is 5.69 Å². The summed E-state index contributed by atoms with van der Waals surface area (Å²) in [4.78, 5) is 13.1. The SMILES string of the molecule is Cn1cc(-c2cnc3cnn(Cc4cnc5ncccn45)c3c2)cn1. The molecule has 0 atom stereocenters. The van der Waals surface area contributed by atoms with E-state index in [1.807, 2.05) is 53.2 Å². The Morgan fingerprint density at radius 2 is 1.92 bits per heavy atom. The summed E-state index contributed by atoms with van der Waals surface area (Å²) in [5.74, 6) is 0.683. The molecule has 5 aromatic heterocycles. The first-order valence-corrected chi connectivity index (χ1v) is 7.85. The van der Waals surface area contributed by atoms with Crippen molar-refractivity contribution in [2.75, 3.05) is 0 Å². The predicted octanol–water partition coefficient (Wildman–Crippen LogP) is 1.92. The van der Waals surface area contributed by atoms with Crippen LogP contribution in [0.4, 0.5) is 0 Å². The van der Waals surface area contributed by atoms with Crippen molar-refractivity contribution in [2.45, 2.75) is 6.54 Å². The maximum atomic E-state index is 4.52. The number of rotatable bonds is 3. The average Bonchev–Trinajstić information content (AvgIpc) is 3.35. The van der Waals surface area contributed by atoms with Crippen molar-refractivity contribution >= 4 is 16.8 Å². The summed E-state index contributed by atoms with van der Waals surface area (Å²) in [6, 6.07) is 3.98. The molecule has 0 fully saturated rings. The monoisotopic (exact) mass is 330 g/mol. The van der Waals surface area contributed by atoms with Gasteiger partial charge in [0.2, 0.25) is 5.78 Å². The van der Waals surface area contributed by atoms with E-state index in [-0.39, 0.29) is 0 Å². The van der Waals surface area contributed by atoms with Gasteiger partial charge in [0.25, 0.3) is 0 Å². The van der Waals surface area contributed by atoms with Crippen molar-refractivity contribution in [3.8, 4) is 11.1 Å². The molecule has 0 aliphatic rings. The van der Waals surface area contributed by atoms with Crippen LogP contribution < -0.4 is 0 Å². The average molecular weight is 330 g/mol. The van der Waals surface area contributed by atoms with Crippen LogP contribution in [0.5, 0.6) is 0 Å². The van der Waals surface area contributed by atoms with Gasteiger partial charge in [0.1, 0.15) is 5.52 Å². The van der Waals surface area contributed by atoms with Crippen molar-refractivity contribution in [3.63, 3.8) is 0 Å². The normalized spacial score (nSPS) is 11.6. The number of aromatic nitrogens is 8. The molecule has 0 saturated heterocycles. The Labute approximate surface area is 142 Å². The second-order valence-corrected chi connectivity index (χ2v) is 5.87. The number of pyridine rings is 1. The zero-order valence-electron chi connectivity index (χ0n) is 13.5. The quantitative estimate of drug-likeness (QED) is 0.505. The summed E-state index contributed by atoms with van der Waals surface area (Å²) in [5.41, 5.74) is 4.89. The van der Waals surface area contributed by atoms with Gasteiger partial charge in [-0.2, -0.15) is 10.2 Å². The molecule has 0 aliphatic heterocycles. The fourth-order valence-corrected chi connectivity index (χ4v) is 2.96. The highest BCUT2D eigenvalue weighted by Crippen LogP contribution is 2.22. The Hall–Kier alpha value is -3.55. The van der Waals surface area contributed by atoms with Crippen molar-refractivity contribution < 1.29 is 0 Å². The lowest BCUT2D eigenvalue weighted by molar-refractivity contribution is 0.691. The number of aryl methyl sites for hydroxylation is 1. The number of hydrogen-bond donors (Lipinski definition) is 0. The molecule has 0 aromatic carbocycles. The van der Waals surface area contributed by atoms with Crippen LogP contribution in [-0.2, 0) is 13.6 Å². The van der Waals surface area contributed by atoms with Crippen LogP contribution in [0.3, 0.4) is 0 Å². The molecule has 122 valence electrons. The predicted molar refractivity (Wildman–Crippen MR) is 91.8 cm³/mol. The third-order valence-electron chi connectivity index (χ3n) is 4.21. The summed E-state index contributed by atoms with van der Waals surface area (Å²) in [6.07, 6.45) is 13.0. The molecule has 0 amide bonds. The largest absolute Gasteiger partial charge is 0.286 e. The summed E-state index contributed by atoms with van der Waals surface area (Å²) in [5, 5.41) is 8.71. The zero-order valence-corrected chi connectivity index (χ0v) is 13.5. The van der Waals surface area contributed by atoms with Crippen LogP contribution in [0.15, 0.2) is 55.5 Å². The highest BCUT2D eigenvalue weighted by molar-refractivity contribution is 5.80. The molecule has 0 saturated carbocycles. The third kappa shape index (κ3) is 2.26. The zero-order chi connectivity index (χ0) is 16.8. The first kappa shape index (κ1) is 13.8. The molecule has 5 aromatic rings. The maximum Gasteiger partial charge on any atom is 0.233 e. The van der Waals surface area contributed by atoms with E-state index >= 15 is 0 Å². The van der Waals surface area contributed by atoms with Gasteiger partial charge in [0.05, 0.1) is 36.3 Å². The maximum absolute atomic E-state index is 4.52. The summed E-state index contributed by atoms with van der Waals surface area (Å²) < 4.78 is 5.67. The minimum Gasteiger partial charge on any atom is -0.286 e. The van der Waals surface area contributed by atoms with E-state index < -0.39 is 0 Å². The first-order chi connectivity index (χ1) is 12.3. The van der Waals surface area contributed by atoms with E-state index in [4.69, 9.17) is 0 Å². The molecule has 0 N–H and O–H groups in total. The lowest BCUT2D eigenvalue weighted by atomic mass is 10.1. The van der Waals surface area contributed by atoms with Crippen LogP contribution in [0, 0.1) is 0 Å². The highest BCUT2D eigenvalue weighted by atomic mass is 15.3. The molecule has 0 aliphatic carbocycles. The molecule has 8 heteroatoms. The third-order valence-corrected chi connectivity index (χ3v) is 4.21. The number of fused-ring (bicyclic) bond motifs is 2. The Bertz CT molecular complexity index is 1200. The van der Waals surface area contributed by atoms with Crippen molar-refractivity contribution in [1.82, 2.24) is 38.9 Å². The van der Waals surface area contributed by atoms with Gasteiger partial charge in [-0.1, -0.05) is 0 Å². The van der Waals surface area contributed by atoms with Crippen LogP contribution in [0.2, 0.25) is 0 Å². The van der Waals surface area contributed by atoms with Gasteiger partial charge in [-0.15, -0.1) is 0 Å². The van der Waals surface area contributed by atoms with E-state index in [9.17, 15) is 0 Å². The molecule has 0 bridgehead atoms. The van der Waals surface area contributed by atoms with Gasteiger partial charge in [-0.25, -0.2) is 9.97 Å². The second-order valence-electron chi connectivity index (χ2n) is 5.87. The number of hydrogen-bond acceptors (Lipinski definition) is 5. The summed E-state index contributed by atoms with van der Waals surface area (Å²) >= 11 is 0. The Kier molecular flexibility index (Phi) is 2.90. The molecule has 0 unspecified atom stereocenters. The van der Waals surface area contributed by atoms with Gasteiger partial charge < -0.3 is 0 Å². The Balaban J connectivity index is 1.59. The molecule has 25 heavy (non-hydrogen) atoms. The first-order valence-electron chi connectivity index (χ1n) is 7.85. The van der Waals surface area contributed by atoms with E-state index in [1.54, 1.807) is 17.1 Å².